The van der Waals surface area contributed by atoms with Crippen molar-refractivity contribution in [2.75, 3.05) is 6.54 Å². The number of nitrogens with two attached hydrogens (primary N) is 1. The van der Waals surface area contributed by atoms with Crippen LogP contribution >= 0.6 is 0 Å². The summed E-state index contributed by atoms with van der Waals surface area (Å²) < 4.78 is 0. The lowest BCUT2D eigenvalue weighted by atomic mass is 9.89. The molecule has 14 heavy (non-hydrogen) atoms. The Balaban J connectivity index is 3.95. The maximum absolute atomic E-state index is 5.95. The Hall–Kier alpha value is -0.0800. The van der Waals surface area contributed by atoms with Gasteiger partial charge >= 0.3 is 0 Å². The zero-order chi connectivity index (χ0) is 11.2. The van der Waals surface area contributed by atoms with Crippen LogP contribution in [0, 0.1) is 0 Å². The van der Waals surface area contributed by atoms with E-state index in [1.54, 1.807) is 0 Å². The zero-order valence-corrected chi connectivity index (χ0v) is 10.6. The highest BCUT2D eigenvalue weighted by molar-refractivity contribution is 4.85. The van der Waals surface area contributed by atoms with Crippen LogP contribution in [0.15, 0.2) is 0 Å². The van der Waals surface area contributed by atoms with Crippen LogP contribution in [0.25, 0.3) is 0 Å². The lowest BCUT2D eigenvalue weighted by molar-refractivity contribution is 0.278. The molecule has 2 heteroatoms. The van der Waals surface area contributed by atoms with Gasteiger partial charge in [-0.25, -0.2) is 0 Å². The molecule has 0 fully saturated rings. The second-order valence-electron chi connectivity index (χ2n) is 5.01. The van der Waals surface area contributed by atoms with Crippen LogP contribution in [0.3, 0.4) is 0 Å². The second kappa shape index (κ2) is 5.72. The number of rotatable bonds is 7. The van der Waals surface area contributed by atoms with Crippen LogP contribution in [0.4, 0.5) is 0 Å². The Morgan fingerprint density at radius 1 is 1.00 bits per heavy atom. The molecule has 0 aliphatic rings. The van der Waals surface area contributed by atoms with Gasteiger partial charge in [-0.2, -0.15) is 0 Å². The van der Waals surface area contributed by atoms with E-state index in [1.165, 1.54) is 19.3 Å². The molecule has 0 unspecified atom stereocenters. The first kappa shape index (κ1) is 13.9. The maximum atomic E-state index is 5.95. The van der Waals surface area contributed by atoms with Crippen molar-refractivity contribution in [3.8, 4) is 0 Å². The van der Waals surface area contributed by atoms with E-state index in [-0.39, 0.29) is 5.54 Å². The van der Waals surface area contributed by atoms with E-state index in [0.29, 0.717) is 5.54 Å². The highest BCUT2D eigenvalue weighted by Gasteiger charge is 2.23. The van der Waals surface area contributed by atoms with E-state index in [2.05, 4.69) is 39.9 Å². The van der Waals surface area contributed by atoms with E-state index < -0.39 is 0 Å². The smallest absolute Gasteiger partial charge is 0.0173 e. The Bertz CT molecular complexity index is 135. The normalized spacial score (nSPS) is 13.3. The van der Waals surface area contributed by atoms with Crippen molar-refractivity contribution in [2.45, 2.75) is 71.4 Å². The summed E-state index contributed by atoms with van der Waals surface area (Å²) in [6.45, 7) is 12.0. The van der Waals surface area contributed by atoms with E-state index >= 15 is 0 Å². The molecule has 0 aromatic rings. The van der Waals surface area contributed by atoms with Gasteiger partial charge in [0, 0.05) is 11.1 Å². The third-order valence-corrected chi connectivity index (χ3v) is 3.30. The molecule has 0 amide bonds. The lowest BCUT2D eigenvalue weighted by Gasteiger charge is -2.33. The number of hydrogen-bond acceptors (Lipinski definition) is 2. The fraction of sp³-hybridized carbons (Fsp3) is 1.00. The predicted molar refractivity (Wildman–Crippen MR) is 64.5 cm³/mol. The molecular weight excluding hydrogens is 172 g/mol. The Labute approximate surface area is 89.6 Å². The lowest BCUT2D eigenvalue weighted by Crippen LogP contribution is -2.46. The van der Waals surface area contributed by atoms with Crippen molar-refractivity contribution in [3.63, 3.8) is 0 Å². The summed E-state index contributed by atoms with van der Waals surface area (Å²) in [5, 5.41) is 3.66. The van der Waals surface area contributed by atoms with Gasteiger partial charge in [-0.15, -0.1) is 0 Å². The van der Waals surface area contributed by atoms with E-state index in [9.17, 15) is 0 Å². The number of hydrogen-bond donors (Lipinski definition) is 2. The molecule has 0 saturated carbocycles. The van der Waals surface area contributed by atoms with Gasteiger partial charge < -0.3 is 11.1 Å². The topological polar surface area (TPSA) is 38.0 Å². The molecule has 0 aliphatic carbocycles. The predicted octanol–water partition coefficient (Wildman–Crippen LogP) is 2.67. The van der Waals surface area contributed by atoms with E-state index in [4.69, 9.17) is 5.73 Å². The Kier molecular flexibility index (Phi) is 5.68. The zero-order valence-electron chi connectivity index (χ0n) is 10.6. The van der Waals surface area contributed by atoms with Crippen LogP contribution in [0.5, 0.6) is 0 Å². The molecule has 0 aromatic heterocycles. The van der Waals surface area contributed by atoms with Gasteiger partial charge in [-0.1, -0.05) is 20.8 Å². The van der Waals surface area contributed by atoms with Crippen molar-refractivity contribution >= 4 is 0 Å². The van der Waals surface area contributed by atoms with Gasteiger partial charge in [0.25, 0.3) is 0 Å². The summed E-state index contributed by atoms with van der Waals surface area (Å²) in [7, 11) is 0. The summed E-state index contributed by atoms with van der Waals surface area (Å²) in [5.41, 5.74) is 6.24. The largest absolute Gasteiger partial charge is 0.326 e. The van der Waals surface area contributed by atoms with Crippen LogP contribution in [0.1, 0.15) is 60.3 Å². The third-order valence-electron chi connectivity index (χ3n) is 3.30. The van der Waals surface area contributed by atoms with Gasteiger partial charge in [0.1, 0.15) is 0 Å². The third kappa shape index (κ3) is 4.97. The molecule has 0 heterocycles. The fourth-order valence-electron chi connectivity index (χ4n) is 1.77. The van der Waals surface area contributed by atoms with Gasteiger partial charge in [-0.3, -0.25) is 0 Å². The monoisotopic (exact) mass is 200 g/mol. The summed E-state index contributed by atoms with van der Waals surface area (Å²) in [6.07, 6.45) is 4.63. The van der Waals surface area contributed by atoms with Crippen molar-refractivity contribution < 1.29 is 0 Å². The summed E-state index contributed by atoms with van der Waals surface area (Å²) in [4.78, 5) is 0. The maximum Gasteiger partial charge on any atom is 0.0173 e. The first-order valence-electron chi connectivity index (χ1n) is 5.93. The molecular formula is C12H28N2. The van der Waals surface area contributed by atoms with Crippen LogP contribution in [-0.4, -0.2) is 17.6 Å². The van der Waals surface area contributed by atoms with E-state index in [1.807, 2.05) is 0 Å². The van der Waals surface area contributed by atoms with Gasteiger partial charge in [0.15, 0.2) is 0 Å². The number of nitrogens with one attached hydrogen (secondary N) is 1. The van der Waals surface area contributed by atoms with Crippen molar-refractivity contribution in [2.24, 2.45) is 5.73 Å². The quantitative estimate of drug-likeness (QED) is 0.663. The molecule has 0 bridgehead atoms. The van der Waals surface area contributed by atoms with Crippen LogP contribution in [0.2, 0.25) is 0 Å². The van der Waals surface area contributed by atoms with Crippen molar-refractivity contribution in [1.29, 1.82) is 0 Å². The first-order valence-corrected chi connectivity index (χ1v) is 5.93. The van der Waals surface area contributed by atoms with Gasteiger partial charge in [0.2, 0.25) is 0 Å². The average Bonchev–Trinajstić information content (AvgIpc) is 2.11. The Morgan fingerprint density at radius 3 is 1.71 bits per heavy atom. The minimum Gasteiger partial charge on any atom is -0.326 e. The van der Waals surface area contributed by atoms with Crippen LogP contribution < -0.4 is 11.1 Å². The summed E-state index contributed by atoms with van der Waals surface area (Å²) in [6, 6.07) is 0. The van der Waals surface area contributed by atoms with Crippen molar-refractivity contribution in [1.82, 2.24) is 5.32 Å². The SMILES string of the molecule is CCC(CC)(CC)NCCC(C)(C)N. The highest BCUT2D eigenvalue weighted by Crippen LogP contribution is 2.19. The second-order valence-corrected chi connectivity index (χ2v) is 5.01. The molecule has 3 N–H and O–H groups in total. The Morgan fingerprint density at radius 2 is 1.43 bits per heavy atom. The molecule has 0 saturated heterocycles. The van der Waals surface area contributed by atoms with E-state index in [0.717, 1.165) is 13.0 Å². The van der Waals surface area contributed by atoms with Crippen LogP contribution in [-0.2, 0) is 0 Å². The van der Waals surface area contributed by atoms with Gasteiger partial charge in [0.05, 0.1) is 0 Å². The molecule has 0 aliphatic heterocycles. The molecule has 0 aromatic carbocycles. The molecule has 0 spiro atoms. The molecule has 86 valence electrons. The average molecular weight is 200 g/mol. The molecule has 0 atom stereocenters. The van der Waals surface area contributed by atoms with Crippen molar-refractivity contribution in [3.05, 3.63) is 0 Å². The van der Waals surface area contributed by atoms with Gasteiger partial charge in [-0.05, 0) is 46.1 Å². The highest BCUT2D eigenvalue weighted by atomic mass is 15.0. The first-order chi connectivity index (χ1) is 6.39. The standard InChI is InChI=1S/C12H28N2/c1-6-12(7-2,8-3)14-10-9-11(4,5)13/h14H,6-10,13H2,1-5H3. The molecule has 2 nitrogen and oxygen atoms in total. The minimum absolute atomic E-state index is 0.0477. The minimum atomic E-state index is -0.0477. The fourth-order valence-corrected chi connectivity index (χ4v) is 1.77. The summed E-state index contributed by atoms with van der Waals surface area (Å²) in [5.74, 6) is 0. The molecule has 0 rings (SSSR count). The summed E-state index contributed by atoms with van der Waals surface area (Å²) >= 11 is 0. The molecule has 0 radical (unpaired) electrons.